The minimum atomic E-state index is -3.85. The number of nitrogens with two attached hydrogens (primary N) is 1. The number of thiol groups is 1. The molecule has 2 aliphatic heterocycles. The molecule has 5 rings (SSSR count). The fourth-order valence-electron chi connectivity index (χ4n) is 6.56. The number of aliphatic hydroxyl groups is 1. The first kappa shape index (κ1) is 73.9. The molecular weight excluding hydrogens is 1160 g/mol. The van der Waals surface area contributed by atoms with E-state index in [0.717, 1.165) is 10.1 Å². The first-order valence-electron chi connectivity index (χ1n) is 22.6. The molecule has 0 bridgehead atoms. The number of sulfonamides is 3. The van der Waals surface area contributed by atoms with E-state index in [1.807, 2.05) is 0 Å². The average Bonchev–Trinajstić information content (AvgIpc) is 3.85. The molecule has 0 aliphatic carbocycles. The Balaban J connectivity index is 0.00000104. The Labute approximate surface area is 491 Å². The third kappa shape index (κ3) is 24.3. The van der Waals surface area contributed by atoms with Gasteiger partial charge in [0, 0.05) is 30.3 Å². The van der Waals surface area contributed by atoms with Crippen LogP contribution in [0.15, 0.2) is 87.5 Å². The van der Waals surface area contributed by atoms with E-state index in [4.69, 9.17) is 40.1 Å². The molecule has 2 fully saturated rings. The Morgan fingerprint density at radius 2 is 1.13 bits per heavy atom. The van der Waals surface area contributed by atoms with E-state index in [0.29, 0.717) is 77.6 Å². The topological polar surface area (TPSA) is 364 Å². The van der Waals surface area contributed by atoms with Gasteiger partial charge in [-0.3, -0.25) is 24.4 Å². The van der Waals surface area contributed by atoms with E-state index in [2.05, 4.69) is 22.1 Å². The quantitative estimate of drug-likeness (QED) is 0.0172. The van der Waals surface area contributed by atoms with Crippen LogP contribution in [0.2, 0.25) is 0 Å². The molecule has 3 aromatic carbocycles. The molecule has 24 nitrogen and oxygen atoms in total. The summed E-state index contributed by atoms with van der Waals surface area (Å²) in [5.41, 5.74) is 6.64. The second-order valence-electron chi connectivity index (χ2n) is 15.4. The smallest absolute Gasteiger partial charge is 0.870 e. The monoisotopic (exact) mass is 1230 g/mol. The van der Waals surface area contributed by atoms with Gasteiger partial charge < -0.3 is 45.1 Å². The summed E-state index contributed by atoms with van der Waals surface area (Å²) < 4.78 is 105. The number of rotatable bonds is 21. The molecule has 3 aromatic rings. The molecule has 2 saturated heterocycles. The van der Waals surface area contributed by atoms with Crippen molar-refractivity contribution in [3.05, 3.63) is 72.8 Å². The molecule has 4 unspecified atom stereocenters. The molecule has 1 amide bonds. The number of carboxylic acids is 1. The van der Waals surface area contributed by atoms with Crippen molar-refractivity contribution in [2.45, 2.75) is 64.5 Å². The maximum Gasteiger partial charge on any atom is 1.00 e. The molecule has 2 heterocycles. The second-order valence-corrected chi connectivity index (χ2v) is 25.0. The summed E-state index contributed by atoms with van der Waals surface area (Å²) in [5.74, 6) is 3.05. The molecule has 0 aromatic heterocycles. The Morgan fingerprint density at radius 3 is 1.49 bits per heavy atom. The van der Waals surface area contributed by atoms with Crippen LogP contribution in [0.1, 0.15) is 25.7 Å². The number of nitrogens with zero attached hydrogens (tertiary/aromatic N) is 2. The van der Waals surface area contributed by atoms with Crippen molar-refractivity contribution in [3.8, 4) is 17.2 Å². The number of hydrogen-bond donors (Lipinski definition) is 7. The normalized spacial score (nSPS) is 16.7. The fourth-order valence-corrected chi connectivity index (χ4v) is 14.1. The van der Waals surface area contributed by atoms with Crippen LogP contribution in [0, 0.1) is 0 Å². The maximum atomic E-state index is 12.8. The van der Waals surface area contributed by atoms with Crippen molar-refractivity contribution < 1.29 is 119 Å². The van der Waals surface area contributed by atoms with Crippen LogP contribution < -0.4 is 59.7 Å². The number of hydrogen-bond acceptors (Lipinski definition) is 23. The predicted molar refractivity (Wildman–Crippen MR) is 291 cm³/mol. The van der Waals surface area contributed by atoms with Gasteiger partial charge in [-0.05, 0) is 121 Å². The van der Waals surface area contributed by atoms with E-state index in [9.17, 15) is 44.4 Å². The van der Waals surface area contributed by atoms with Gasteiger partial charge in [0.15, 0.2) is 0 Å². The molecule has 32 heteroatoms. The Bertz CT molecular complexity index is 2450. The van der Waals surface area contributed by atoms with Gasteiger partial charge in [-0.15, -0.1) is 0 Å². The SMILES string of the molecule is COC(=O)C(CCSCCO)NS(=O)(=O)c1ccc(OC)cc1.COC(=O)C1CCSCCN1S(=O)(=O)c1ccc(OC)cc1.COc1ccc(S(=O)(=O)N2CCSCCC2C(=O)NO)cc1.NC(CCS)C(=O)O.[Na+].[OH-]. The summed E-state index contributed by atoms with van der Waals surface area (Å²) in [7, 11) is -4.44. The number of aliphatic carboxylic acids is 1. The third-order valence-electron chi connectivity index (χ3n) is 10.6. The summed E-state index contributed by atoms with van der Waals surface area (Å²) in [6.45, 7) is 0.543. The van der Waals surface area contributed by atoms with Crippen LogP contribution in [0.4, 0.5) is 0 Å². The van der Waals surface area contributed by atoms with Crippen LogP contribution in [-0.2, 0) is 58.7 Å². The fraction of sp³-hybridized carbons (Fsp3) is 0.511. The second kappa shape index (κ2) is 38.5. The number of carbonyl (C=O) groups is 4. The molecule has 0 saturated carbocycles. The first-order chi connectivity index (χ1) is 35.6. The molecule has 0 spiro atoms. The van der Waals surface area contributed by atoms with E-state index in [1.165, 1.54) is 100 Å². The largest absolute Gasteiger partial charge is 1.00 e. The van der Waals surface area contributed by atoms with E-state index in [1.54, 1.807) is 53.3 Å². The van der Waals surface area contributed by atoms with Gasteiger partial charge in [0.1, 0.15) is 41.4 Å². The molecule has 2 aliphatic rings. The Hall–Kier alpha value is -3.09. The number of carboxylic acid groups (broad SMARTS) is 1. The standard InChI is InChI=1S/C14H21NO6S2.C14H19NO5S2.C13H18N2O5S2.C4H9NO2S.Na.H2O/c1-20-11-3-5-12(6-4-11)23(18,19)15-13(14(17)21-2)7-9-22-10-8-16;1-19-11-3-5-12(6-4-11)22(17,18)15-8-10-21-9-7-13(15)14(16)20-2;1-20-10-2-4-11(5-3-10)22(18,19)15-7-9-21-8-6-12(15)13(16)14-17;5-3(1-2-8)4(6)7;;/h3-6,13,15-16H,7-10H2,1-2H3;3-6,13H,7-10H2,1-2H3;2-5,12,17H,6-9H2,1H3,(H,14,16);3,8H,1-2,5H2,(H,6,7);;1H2/q;;;;+1;/p-1. The predicted octanol–water partition coefficient (Wildman–Crippen LogP) is -0.763. The average molecular weight is 1230 g/mol. The summed E-state index contributed by atoms with van der Waals surface area (Å²) in [6, 6.07) is 14.6. The third-order valence-corrected chi connectivity index (χ3v) is 19.2. The maximum absolute atomic E-state index is 12.8. The van der Waals surface area contributed by atoms with Crippen molar-refractivity contribution >= 4 is 102 Å². The molecule has 8 N–H and O–H groups in total. The van der Waals surface area contributed by atoms with E-state index in [-0.39, 0.29) is 69.3 Å². The van der Waals surface area contributed by atoms with Crippen LogP contribution in [0.3, 0.4) is 0 Å². The summed E-state index contributed by atoms with van der Waals surface area (Å²) >= 11 is 8.45. The van der Waals surface area contributed by atoms with Crippen LogP contribution in [0.5, 0.6) is 17.2 Å². The van der Waals surface area contributed by atoms with Gasteiger partial charge in [-0.1, -0.05) is 0 Å². The summed E-state index contributed by atoms with van der Waals surface area (Å²) in [5, 5.41) is 25.7. The minimum absolute atomic E-state index is 0. The van der Waals surface area contributed by atoms with Gasteiger partial charge in [0.25, 0.3) is 5.91 Å². The van der Waals surface area contributed by atoms with E-state index < -0.39 is 78.1 Å². The van der Waals surface area contributed by atoms with Crippen LogP contribution in [-0.4, -0.2) is 198 Å². The summed E-state index contributed by atoms with van der Waals surface area (Å²) in [4.78, 5) is 45.7. The number of carbonyl (C=O) groups excluding carboxylic acids is 3. The zero-order valence-corrected chi connectivity index (χ0v) is 51.2. The molecular formula is C45H68N5NaO19S7. The molecule has 77 heavy (non-hydrogen) atoms. The Kier molecular flexibility index (Phi) is 37.0. The minimum Gasteiger partial charge on any atom is -0.870 e. The molecule has 0 radical (unpaired) electrons. The molecule has 4 atom stereocenters. The van der Waals surface area contributed by atoms with Gasteiger partial charge in [0.05, 0.1) is 56.8 Å². The number of esters is 2. The van der Waals surface area contributed by atoms with E-state index >= 15 is 0 Å². The van der Waals surface area contributed by atoms with Crippen LogP contribution in [0.25, 0.3) is 0 Å². The van der Waals surface area contributed by atoms with Gasteiger partial charge >= 0.3 is 47.5 Å². The number of nitrogens with one attached hydrogen (secondary N) is 2. The number of methoxy groups -OCH3 is 5. The number of ether oxygens (including phenoxy) is 5. The summed E-state index contributed by atoms with van der Waals surface area (Å²) in [6.07, 6.45) is 1.50. The Morgan fingerprint density at radius 1 is 0.701 bits per heavy atom. The number of hydroxylamine groups is 1. The first-order valence-corrected chi connectivity index (χ1v) is 31.1. The van der Waals surface area contributed by atoms with Crippen LogP contribution >= 0.6 is 47.9 Å². The van der Waals surface area contributed by atoms with Crippen molar-refractivity contribution in [3.63, 3.8) is 0 Å². The number of amides is 1. The number of thioether (sulfide) groups is 3. The van der Waals surface area contributed by atoms with Crippen molar-refractivity contribution in [2.75, 3.05) is 95.5 Å². The van der Waals surface area contributed by atoms with Crippen molar-refractivity contribution in [2.24, 2.45) is 5.73 Å². The van der Waals surface area contributed by atoms with Crippen molar-refractivity contribution in [1.29, 1.82) is 0 Å². The number of benzene rings is 3. The molecule has 430 valence electrons. The van der Waals surface area contributed by atoms with Gasteiger partial charge in [-0.2, -0.15) is 61.2 Å². The zero-order chi connectivity index (χ0) is 56.2. The van der Waals surface area contributed by atoms with Gasteiger partial charge in [-0.25, -0.2) is 30.7 Å². The van der Waals surface area contributed by atoms with Gasteiger partial charge in [0.2, 0.25) is 30.1 Å². The number of aliphatic hydroxyl groups excluding tert-OH is 1. The zero-order valence-electron chi connectivity index (χ0n) is 43.4. The van der Waals surface area contributed by atoms with Crippen molar-refractivity contribution in [1.82, 2.24) is 18.8 Å².